The molecule has 0 aliphatic rings. The summed E-state index contributed by atoms with van der Waals surface area (Å²) < 4.78 is 30.8. The van der Waals surface area contributed by atoms with E-state index in [1.165, 1.54) is 116 Å². The van der Waals surface area contributed by atoms with Crippen molar-refractivity contribution in [2.24, 2.45) is 0 Å². The van der Waals surface area contributed by atoms with Crippen LogP contribution in [0.4, 0.5) is 0 Å². The number of likely N-dealkylation sites (N-methyl/N-ethyl adjacent to an activating group) is 1. The third-order valence-corrected chi connectivity index (χ3v) is 16.8. The Bertz CT molecular complexity index is 2070. The number of nitrogens with one attached hydrogen (secondary N) is 1. The molecule has 0 saturated heterocycles. The summed E-state index contributed by atoms with van der Waals surface area (Å²) >= 11 is 0. The van der Waals surface area contributed by atoms with Crippen LogP contribution in [0, 0.1) is 0 Å². The van der Waals surface area contributed by atoms with Gasteiger partial charge in [-0.3, -0.25) is 18.6 Å². The molecular weight excluding hydrogens is 1140 g/mol. The Morgan fingerprint density at radius 3 is 1.05 bits per heavy atom. The molecule has 0 bridgehead atoms. The molecule has 0 aromatic heterocycles. The normalized spacial score (nSPS) is 14.3. The van der Waals surface area contributed by atoms with Gasteiger partial charge >= 0.3 is 13.8 Å². The summed E-state index contributed by atoms with van der Waals surface area (Å²) in [7, 11) is 1.47. The lowest BCUT2D eigenvalue weighted by Crippen LogP contribution is -2.47. The fourth-order valence-electron chi connectivity index (χ4n) is 10.1. The minimum atomic E-state index is -4.47. The molecule has 1 amide bonds. The van der Waals surface area contributed by atoms with Gasteiger partial charge in [0.1, 0.15) is 19.3 Å². The number of nitrogens with zero attached hydrogens (tertiary/aromatic N) is 1. The average molecular weight is 1280 g/mol. The van der Waals surface area contributed by atoms with Crippen molar-refractivity contribution < 1.29 is 37.3 Å². The molecule has 0 spiro atoms. The van der Waals surface area contributed by atoms with Gasteiger partial charge in [0.05, 0.1) is 33.8 Å². The molecule has 3 atom stereocenters. The van der Waals surface area contributed by atoms with Gasteiger partial charge in [-0.15, -0.1) is 0 Å². The minimum Gasteiger partial charge on any atom is -0.456 e. The highest BCUT2D eigenvalue weighted by Crippen LogP contribution is 2.43. The molecule has 0 aliphatic carbocycles. The number of hydrogen-bond donors (Lipinski definition) is 2. The second-order valence-corrected chi connectivity index (χ2v) is 27.2. The van der Waals surface area contributed by atoms with Crippen LogP contribution in [0.3, 0.4) is 0 Å². The standard InChI is InChI=1S/C81H139N2O7P/c1-7-10-13-16-19-22-25-27-29-31-33-35-37-39-41-43-45-47-49-51-53-55-58-61-64-67-70-73-80(84)82-78(77-89-91(86,87)88-76-75-83(4,5)6)79(72-69-66-63-60-57-24-21-18-15-12-9-3)90-81(85)74-71-68-65-62-59-56-54-52-50-48-46-44-42-40-38-36-34-32-30-28-26-23-20-17-14-11-8-2/h10-11,13-14,19-20,22-23,27-30,33-36,39-42,46,48,69,72,78-79H,7-9,12,15-18,21,24-26,31-32,37-38,43-45,47,49-68,70-71,73-77H2,1-6H3,(H-,82,84,86,87)/p+1/b13-10-,14-11-,22-19-,23-20-,29-27-,30-28-,35-33-,36-34-,41-39-,42-40-,48-46-,72-69+. The molecule has 0 radical (unpaired) electrons. The quantitative estimate of drug-likeness (QED) is 0.0205. The number of ether oxygens (including phenoxy) is 1. The van der Waals surface area contributed by atoms with Gasteiger partial charge < -0.3 is 19.4 Å². The molecule has 520 valence electrons. The highest BCUT2D eigenvalue weighted by molar-refractivity contribution is 7.47. The molecule has 0 saturated carbocycles. The van der Waals surface area contributed by atoms with E-state index in [0.29, 0.717) is 17.4 Å². The lowest BCUT2D eigenvalue weighted by atomic mass is 10.0. The predicted molar refractivity (Wildman–Crippen MR) is 396 cm³/mol. The fraction of sp³-hybridized carbons (Fsp3) is 0.679. The van der Waals surface area contributed by atoms with Crippen molar-refractivity contribution in [3.05, 3.63) is 146 Å². The first-order valence-electron chi connectivity index (χ1n) is 37.2. The number of amides is 1. The van der Waals surface area contributed by atoms with Crippen LogP contribution in [0.2, 0.25) is 0 Å². The molecule has 10 heteroatoms. The van der Waals surface area contributed by atoms with E-state index in [-0.39, 0.29) is 31.5 Å². The van der Waals surface area contributed by atoms with E-state index in [2.05, 4.69) is 160 Å². The maximum Gasteiger partial charge on any atom is 0.472 e. The van der Waals surface area contributed by atoms with Crippen LogP contribution in [-0.2, 0) is 27.9 Å². The van der Waals surface area contributed by atoms with Gasteiger partial charge in [0.25, 0.3) is 0 Å². The topological polar surface area (TPSA) is 111 Å². The van der Waals surface area contributed by atoms with Crippen LogP contribution in [0.5, 0.6) is 0 Å². The second kappa shape index (κ2) is 68.7. The van der Waals surface area contributed by atoms with E-state index in [1.54, 1.807) is 0 Å². The third-order valence-electron chi connectivity index (χ3n) is 15.8. The number of phosphoric ester groups is 1. The van der Waals surface area contributed by atoms with Crippen LogP contribution >= 0.6 is 7.82 Å². The maximum atomic E-state index is 13.6. The maximum absolute atomic E-state index is 13.6. The number of quaternary nitrogens is 1. The number of phosphoric acid groups is 1. The molecule has 0 aromatic carbocycles. The number of allylic oxidation sites excluding steroid dienone is 23. The van der Waals surface area contributed by atoms with E-state index in [1.807, 2.05) is 33.3 Å². The largest absolute Gasteiger partial charge is 0.472 e. The summed E-state index contributed by atoms with van der Waals surface area (Å²) in [5.41, 5.74) is 0. The van der Waals surface area contributed by atoms with Crippen molar-refractivity contribution in [1.82, 2.24) is 5.32 Å². The zero-order valence-electron chi connectivity index (χ0n) is 59.5. The van der Waals surface area contributed by atoms with Crippen molar-refractivity contribution in [2.75, 3.05) is 40.9 Å². The van der Waals surface area contributed by atoms with E-state index in [0.717, 1.165) is 154 Å². The summed E-state index contributed by atoms with van der Waals surface area (Å²) in [5.74, 6) is -0.522. The van der Waals surface area contributed by atoms with Crippen LogP contribution in [0.25, 0.3) is 0 Å². The monoisotopic (exact) mass is 1280 g/mol. The smallest absolute Gasteiger partial charge is 0.456 e. The molecule has 91 heavy (non-hydrogen) atoms. The molecule has 0 heterocycles. The van der Waals surface area contributed by atoms with Crippen molar-refractivity contribution in [3.63, 3.8) is 0 Å². The van der Waals surface area contributed by atoms with Gasteiger partial charge in [0, 0.05) is 12.8 Å². The fourth-order valence-corrected chi connectivity index (χ4v) is 10.9. The molecule has 9 nitrogen and oxygen atoms in total. The van der Waals surface area contributed by atoms with Crippen molar-refractivity contribution in [3.8, 4) is 0 Å². The SMILES string of the molecule is CC/C=C\C/C=C\C/C=C\C/C=C\C/C=C\C/C=C\CCCCCCCCCCC(=O)OC(/C=C/CCCCCCCCCCC)C(COP(=O)(O)OCC[N+](C)(C)C)NC(=O)CCCCCCCCCCCCC/C=C\C/C=C\C/C=C\C/C=C\C/C=C\CC. The number of carbonyl (C=O) groups is 2. The highest BCUT2D eigenvalue weighted by atomic mass is 31.2. The molecular formula is C81H140N2O7P+. The Labute approximate surface area is 561 Å². The molecule has 3 unspecified atom stereocenters. The van der Waals surface area contributed by atoms with Crippen LogP contribution in [-0.4, -0.2) is 74.3 Å². The zero-order valence-corrected chi connectivity index (χ0v) is 60.4. The second-order valence-electron chi connectivity index (χ2n) is 25.7. The van der Waals surface area contributed by atoms with Crippen molar-refractivity contribution in [1.29, 1.82) is 0 Å². The lowest BCUT2D eigenvalue weighted by molar-refractivity contribution is -0.870. The summed E-state index contributed by atoms with van der Waals surface area (Å²) in [4.78, 5) is 38.0. The van der Waals surface area contributed by atoms with Crippen LogP contribution in [0.15, 0.2) is 146 Å². The van der Waals surface area contributed by atoms with E-state index >= 15 is 0 Å². The molecule has 0 fully saturated rings. The Balaban J connectivity index is 5.01. The van der Waals surface area contributed by atoms with E-state index < -0.39 is 20.0 Å². The average Bonchev–Trinajstić information content (AvgIpc) is 3.03. The van der Waals surface area contributed by atoms with Gasteiger partial charge in [0.2, 0.25) is 5.91 Å². The van der Waals surface area contributed by atoms with Crippen molar-refractivity contribution in [2.45, 2.75) is 315 Å². The van der Waals surface area contributed by atoms with Gasteiger partial charge in [-0.2, -0.15) is 0 Å². The first-order chi connectivity index (χ1) is 44.4. The van der Waals surface area contributed by atoms with Crippen LogP contribution in [0.1, 0.15) is 303 Å². The number of unbranched alkanes of at least 4 members (excludes halogenated alkanes) is 28. The molecule has 0 aromatic rings. The van der Waals surface area contributed by atoms with Gasteiger partial charge in [-0.05, 0) is 128 Å². The molecule has 0 aliphatic heterocycles. The first kappa shape index (κ1) is 86.9. The van der Waals surface area contributed by atoms with Gasteiger partial charge in [-0.25, -0.2) is 4.57 Å². The lowest BCUT2D eigenvalue weighted by Gasteiger charge is -2.27. The summed E-state index contributed by atoms with van der Waals surface area (Å²) in [6.45, 7) is 6.78. The molecule has 0 rings (SSSR count). The number of hydrogen-bond acceptors (Lipinski definition) is 6. The van der Waals surface area contributed by atoms with Crippen molar-refractivity contribution >= 4 is 19.7 Å². The number of rotatable bonds is 66. The summed E-state index contributed by atoms with van der Waals surface area (Å²) in [6.07, 6.45) is 100. The highest BCUT2D eigenvalue weighted by Gasteiger charge is 2.30. The van der Waals surface area contributed by atoms with Gasteiger partial charge in [0.15, 0.2) is 0 Å². The third kappa shape index (κ3) is 70.1. The Morgan fingerprint density at radius 1 is 0.396 bits per heavy atom. The number of carbonyl (C=O) groups excluding carboxylic acids is 2. The Morgan fingerprint density at radius 2 is 0.703 bits per heavy atom. The minimum absolute atomic E-state index is 0.0312. The summed E-state index contributed by atoms with van der Waals surface area (Å²) in [6, 6.07) is -0.865. The zero-order chi connectivity index (χ0) is 66.3. The van der Waals surface area contributed by atoms with E-state index in [9.17, 15) is 19.0 Å². The summed E-state index contributed by atoms with van der Waals surface area (Å²) in [5, 5.41) is 3.07. The Kier molecular flexibility index (Phi) is 65.6. The van der Waals surface area contributed by atoms with E-state index in [4.69, 9.17) is 13.8 Å². The molecule has 2 N–H and O–H groups in total. The number of esters is 1. The van der Waals surface area contributed by atoms with Gasteiger partial charge in [-0.1, -0.05) is 308 Å². The predicted octanol–water partition coefficient (Wildman–Crippen LogP) is 24.1. The Hall–Kier alpha value is -4.11. The van der Waals surface area contributed by atoms with Crippen LogP contribution < -0.4 is 5.32 Å². The first-order valence-corrected chi connectivity index (χ1v) is 38.7.